The van der Waals surface area contributed by atoms with Crippen LogP contribution in [0.5, 0.6) is 5.75 Å². The molecule has 1 aliphatic carbocycles. The maximum absolute atomic E-state index is 13.0. The Morgan fingerprint density at radius 1 is 1.36 bits per heavy atom. The number of anilines is 1. The molecule has 136 valence electrons. The number of carbonyl (C=O) groups is 1. The topological polar surface area (TPSA) is 41.6 Å². The summed E-state index contributed by atoms with van der Waals surface area (Å²) >= 11 is 0. The normalized spacial score (nSPS) is 33.2. The molecule has 1 aromatic carbocycles. The molecule has 4 atom stereocenters. The van der Waals surface area contributed by atoms with Gasteiger partial charge in [-0.05, 0) is 42.9 Å². The molecule has 1 fully saturated rings. The summed E-state index contributed by atoms with van der Waals surface area (Å²) in [5, 5.41) is 3.35. The van der Waals surface area contributed by atoms with Crippen LogP contribution in [0, 0.1) is 5.92 Å². The SMILES string of the molecule is CC1Nc2c(ccc3c2[C@]2(C)CCN(C(=O)C(F)(F)F)[C@H](C3)[C@H]2C)O1. The second kappa shape index (κ2) is 5.05. The van der Waals surface area contributed by atoms with Gasteiger partial charge in [0.15, 0.2) is 6.23 Å². The largest absolute Gasteiger partial charge is 0.471 e. The molecular weight excluding hydrogens is 333 g/mol. The van der Waals surface area contributed by atoms with Crippen LogP contribution in [-0.2, 0) is 16.6 Å². The Kier molecular flexibility index (Phi) is 3.34. The maximum Gasteiger partial charge on any atom is 0.471 e. The van der Waals surface area contributed by atoms with Crippen molar-refractivity contribution in [3.63, 3.8) is 0 Å². The van der Waals surface area contributed by atoms with Gasteiger partial charge in [0.25, 0.3) is 0 Å². The smallest absolute Gasteiger partial charge is 0.469 e. The zero-order valence-corrected chi connectivity index (χ0v) is 14.4. The molecule has 0 saturated carbocycles. The van der Waals surface area contributed by atoms with Gasteiger partial charge in [-0.2, -0.15) is 13.2 Å². The van der Waals surface area contributed by atoms with Gasteiger partial charge in [-0.15, -0.1) is 0 Å². The van der Waals surface area contributed by atoms with E-state index >= 15 is 0 Å². The van der Waals surface area contributed by atoms with Crippen LogP contribution in [-0.4, -0.2) is 35.8 Å². The van der Waals surface area contributed by atoms with Crippen LogP contribution in [0.1, 0.15) is 38.3 Å². The monoisotopic (exact) mass is 354 g/mol. The number of amides is 1. The molecule has 4 nitrogen and oxygen atoms in total. The summed E-state index contributed by atoms with van der Waals surface area (Å²) in [6.07, 6.45) is -4.00. The lowest BCUT2D eigenvalue weighted by Gasteiger charge is -2.54. The molecule has 1 amide bonds. The fourth-order valence-corrected chi connectivity index (χ4v) is 4.83. The number of rotatable bonds is 0. The molecule has 7 heteroatoms. The third-order valence-corrected chi connectivity index (χ3v) is 6.26. The molecule has 3 aliphatic rings. The van der Waals surface area contributed by atoms with Crippen molar-refractivity contribution < 1.29 is 22.7 Å². The van der Waals surface area contributed by atoms with Crippen molar-refractivity contribution in [2.75, 3.05) is 11.9 Å². The van der Waals surface area contributed by atoms with Crippen molar-refractivity contribution >= 4 is 11.6 Å². The van der Waals surface area contributed by atoms with Crippen LogP contribution >= 0.6 is 0 Å². The van der Waals surface area contributed by atoms with Crippen LogP contribution in [0.4, 0.5) is 18.9 Å². The minimum atomic E-state index is -4.82. The van der Waals surface area contributed by atoms with Crippen molar-refractivity contribution in [2.45, 2.75) is 57.5 Å². The zero-order valence-electron chi connectivity index (χ0n) is 14.4. The molecule has 1 saturated heterocycles. The van der Waals surface area contributed by atoms with Gasteiger partial charge in [-0.25, -0.2) is 0 Å². The predicted molar refractivity (Wildman–Crippen MR) is 86.5 cm³/mol. The van der Waals surface area contributed by atoms with Gasteiger partial charge in [0.2, 0.25) is 0 Å². The zero-order chi connectivity index (χ0) is 18.1. The lowest BCUT2D eigenvalue weighted by molar-refractivity contribution is -0.192. The molecule has 2 heterocycles. The number of benzene rings is 1. The minimum Gasteiger partial charge on any atom is -0.469 e. The number of alkyl halides is 3. The Bertz CT molecular complexity index is 749. The Hall–Kier alpha value is -1.92. The van der Waals surface area contributed by atoms with E-state index in [1.165, 1.54) is 0 Å². The molecule has 4 rings (SSSR count). The summed E-state index contributed by atoms with van der Waals surface area (Å²) in [6.45, 7) is 6.11. The third-order valence-electron chi connectivity index (χ3n) is 6.26. The van der Waals surface area contributed by atoms with Crippen LogP contribution in [0.15, 0.2) is 12.1 Å². The van der Waals surface area contributed by atoms with Gasteiger partial charge in [-0.3, -0.25) is 4.79 Å². The highest BCUT2D eigenvalue weighted by Crippen LogP contribution is 2.54. The van der Waals surface area contributed by atoms with Crippen LogP contribution in [0.3, 0.4) is 0 Å². The average molecular weight is 354 g/mol. The summed E-state index contributed by atoms with van der Waals surface area (Å²) < 4.78 is 44.7. The Morgan fingerprint density at radius 2 is 2.08 bits per heavy atom. The van der Waals surface area contributed by atoms with Gasteiger partial charge in [0, 0.05) is 18.0 Å². The summed E-state index contributed by atoms with van der Waals surface area (Å²) in [7, 11) is 0. The van der Waals surface area contributed by atoms with E-state index in [0.29, 0.717) is 12.8 Å². The Morgan fingerprint density at radius 3 is 2.76 bits per heavy atom. The summed E-state index contributed by atoms with van der Waals surface area (Å²) in [4.78, 5) is 12.9. The number of hydrogen-bond donors (Lipinski definition) is 1. The Labute approximate surface area is 144 Å². The molecular formula is C18H21F3N2O2. The fourth-order valence-electron chi connectivity index (χ4n) is 4.83. The number of halogens is 3. The van der Waals surface area contributed by atoms with Crippen molar-refractivity contribution in [1.82, 2.24) is 4.90 Å². The van der Waals surface area contributed by atoms with E-state index in [1.54, 1.807) is 0 Å². The van der Waals surface area contributed by atoms with E-state index in [4.69, 9.17) is 4.74 Å². The number of nitrogens with zero attached hydrogens (tertiary/aromatic N) is 1. The van der Waals surface area contributed by atoms with E-state index in [2.05, 4.69) is 12.2 Å². The summed E-state index contributed by atoms with van der Waals surface area (Å²) in [5.41, 5.74) is 2.84. The van der Waals surface area contributed by atoms with Crippen molar-refractivity contribution in [2.24, 2.45) is 5.92 Å². The molecule has 2 aliphatic heterocycles. The Balaban J connectivity index is 1.79. The average Bonchev–Trinajstić information content (AvgIpc) is 2.88. The summed E-state index contributed by atoms with van der Waals surface area (Å²) in [6, 6.07) is 3.38. The fraction of sp³-hybridized carbons (Fsp3) is 0.611. The van der Waals surface area contributed by atoms with E-state index in [-0.39, 0.29) is 24.1 Å². The van der Waals surface area contributed by atoms with Gasteiger partial charge in [0.1, 0.15) is 5.75 Å². The second-order valence-corrected chi connectivity index (χ2v) is 7.60. The van der Waals surface area contributed by atoms with Gasteiger partial charge >= 0.3 is 12.1 Å². The number of likely N-dealkylation sites (tertiary alicyclic amines) is 1. The molecule has 0 radical (unpaired) electrons. The van der Waals surface area contributed by atoms with E-state index < -0.39 is 18.1 Å². The van der Waals surface area contributed by atoms with Crippen molar-refractivity contribution in [3.05, 3.63) is 23.3 Å². The number of carbonyl (C=O) groups excluding carboxylic acids is 1. The minimum absolute atomic E-state index is 0.0655. The molecule has 1 aromatic rings. The van der Waals surface area contributed by atoms with Gasteiger partial charge < -0.3 is 15.0 Å². The van der Waals surface area contributed by atoms with Gasteiger partial charge in [0.05, 0.1) is 5.69 Å². The molecule has 1 unspecified atom stereocenters. The van der Waals surface area contributed by atoms with Crippen LogP contribution in [0.25, 0.3) is 0 Å². The lowest BCUT2D eigenvalue weighted by Crippen LogP contribution is -2.61. The molecule has 0 aromatic heterocycles. The third kappa shape index (κ3) is 2.24. The van der Waals surface area contributed by atoms with E-state index in [0.717, 1.165) is 27.5 Å². The number of fused-ring (bicyclic) bond motifs is 6. The number of ether oxygens (including phenoxy) is 1. The van der Waals surface area contributed by atoms with Crippen molar-refractivity contribution in [3.8, 4) is 5.75 Å². The quantitative estimate of drug-likeness (QED) is 0.776. The highest BCUT2D eigenvalue weighted by Gasteiger charge is 2.55. The second-order valence-electron chi connectivity index (χ2n) is 7.60. The maximum atomic E-state index is 13.0. The first-order chi connectivity index (χ1) is 11.6. The molecule has 2 bridgehead atoms. The van der Waals surface area contributed by atoms with Crippen LogP contribution < -0.4 is 10.1 Å². The molecule has 25 heavy (non-hydrogen) atoms. The molecule has 0 spiro atoms. The van der Waals surface area contributed by atoms with Crippen LogP contribution in [0.2, 0.25) is 0 Å². The standard InChI is InChI=1S/C18H21F3N2O2/c1-9-12-8-11-4-5-13-15(22-10(2)25-13)14(11)17(9,3)6-7-23(12)16(24)18(19,20)21/h4-5,9-10,12,22H,6-8H2,1-3H3/t9-,10?,12-,17-/m1/s1. The lowest BCUT2D eigenvalue weighted by atomic mass is 9.58. The molecule has 1 N–H and O–H groups in total. The first kappa shape index (κ1) is 16.5. The first-order valence-electron chi connectivity index (χ1n) is 8.60. The van der Waals surface area contributed by atoms with Crippen molar-refractivity contribution in [1.29, 1.82) is 0 Å². The van der Waals surface area contributed by atoms with E-state index in [1.807, 2.05) is 26.0 Å². The highest BCUT2D eigenvalue weighted by molar-refractivity contribution is 5.83. The number of nitrogens with one attached hydrogen (secondary N) is 1. The predicted octanol–water partition coefficient (Wildman–Crippen LogP) is 3.45. The first-order valence-corrected chi connectivity index (χ1v) is 8.60. The highest BCUT2D eigenvalue weighted by atomic mass is 19.4. The summed E-state index contributed by atoms with van der Waals surface area (Å²) in [5.74, 6) is -0.984. The number of piperidine rings is 1. The van der Waals surface area contributed by atoms with E-state index in [9.17, 15) is 18.0 Å². The van der Waals surface area contributed by atoms with Gasteiger partial charge in [-0.1, -0.05) is 19.9 Å². The number of hydrogen-bond acceptors (Lipinski definition) is 3.